The van der Waals surface area contributed by atoms with Gasteiger partial charge in [-0.15, -0.1) is 0 Å². The standard InChI is InChI=1S/C16H19N3O2/c1-13-6-5-9-15(18-13)10-11-17-16(20)19(21)12-14-7-3-2-4-8-14/h2-9,21H,10-12H2,1H3,(H,17,20). The van der Waals surface area contributed by atoms with Gasteiger partial charge in [-0.05, 0) is 24.6 Å². The number of aryl methyl sites for hydroxylation is 1. The summed E-state index contributed by atoms with van der Waals surface area (Å²) in [6.07, 6.45) is 0.632. The summed E-state index contributed by atoms with van der Waals surface area (Å²) >= 11 is 0. The molecule has 110 valence electrons. The van der Waals surface area contributed by atoms with Gasteiger partial charge in [0.05, 0.1) is 6.54 Å². The molecular weight excluding hydrogens is 266 g/mol. The Balaban J connectivity index is 1.76. The molecule has 2 N–H and O–H groups in total. The van der Waals surface area contributed by atoms with E-state index in [0.717, 1.165) is 17.0 Å². The minimum Gasteiger partial charge on any atom is -0.336 e. The van der Waals surface area contributed by atoms with Gasteiger partial charge in [-0.1, -0.05) is 36.4 Å². The van der Waals surface area contributed by atoms with Gasteiger partial charge in [-0.2, -0.15) is 0 Å². The first kappa shape index (κ1) is 15.0. The first-order chi connectivity index (χ1) is 10.1. The number of hydrogen-bond acceptors (Lipinski definition) is 3. The molecule has 0 fully saturated rings. The molecule has 5 nitrogen and oxygen atoms in total. The van der Waals surface area contributed by atoms with Crippen LogP contribution in [0.3, 0.4) is 0 Å². The third-order valence-electron chi connectivity index (χ3n) is 3.01. The molecule has 0 aliphatic rings. The van der Waals surface area contributed by atoms with Gasteiger partial charge in [0, 0.05) is 24.4 Å². The number of amides is 2. The maximum Gasteiger partial charge on any atom is 0.341 e. The fourth-order valence-corrected chi connectivity index (χ4v) is 1.96. The van der Waals surface area contributed by atoms with Gasteiger partial charge in [0.2, 0.25) is 0 Å². The van der Waals surface area contributed by atoms with Crippen LogP contribution in [0.5, 0.6) is 0 Å². The number of hydrogen-bond donors (Lipinski definition) is 2. The van der Waals surface area contributed by atoms with Gasteiger partial charge in [0.1, 0.15) is 0 Å². The molecule has 0 radical (unpaired) electrons. The summed E-state index contributed by atoms with van der Waals surface area (Å²) in [5.74, 6) is 0. The predicted octanol–water partition coefficient (Wildman–Crippen LogP) is 2.53. The molecule has 5 heteroatoms. The van der Waals surface area contributed by atoms with Crippen molar-refractivity contribution in [3.05, 3.63) is 65.5 Å². The second-order valence-corrected chi connectivity index (χ2v) is 4.80. The van der Waals surface area contributed by atoms with Crippen LogP contribution in [-0.2, 0) is 13.0 Å². The monoisotopic (exact) mass is 285 g/mol. The van der Waals surface area contributed by atoms with Gasteiger partial charge < -0.3 is 5.32 Å². The van der Waals surface area contributed by atoms with Crippen LogP contribution in [0, 0.1) is 6.92 Å². The molecule has 2 amide bonds. The molecule has 0 aliphatic heterocycles. The van der Waals surface area contributed by atoms with Crippen molar-refractivity contribution < 1.29 is 10.0 Å². The van der Waals surface area contributed by atoms with E-state index in [9.17, 15) is 10.0 Å². The summed E-state index contributed by atoms with van der Waals surface area (Å²) in [6, 6.07) is 14.6. The van der Waals surface area contributed by atoms with Crippen molar-refractivity contribution in [2.75, 3.05) is 6.54 Å². The normalized spacial score (nSPS) is 10.2. The van der Waals surface area contributed by atoms with Crippen molar-refractivity contribution in [3.63, 3.8) is 0 Å². The molecule has 2 rings (SSSR count). The second kappa shape index (κ2) is 7.40. The van der Waals surface area contributed by atoms with E-state index in [4.69, 9.17) is 0 Å². The molecule has 21 heavy (non-hydrogen) atoms. The Morgan fingerprint density at radius 2 is 1.95 bits per heavy atom. The van der Waals surface area contributed by atoms with Crippen molar-refractivity contribution in [3.8, 4) is 0 Å². The van der Waals surface area contributed by atoms with E-state index in [1.165, 1.54) is 0 Å². The van der Waals surface area contributed by atoms with Crippen LogP contribution >= 0.6 is 0 Å². The van der Waals surface area contributed by atoms with E-state index in [2.05, 4.69) is 10.3 Å². The lowest BCUT2D eigenvalue weighted by atomic mass is 10.2. The summed E-state index contributed by atoms with van der Waals surface area (Å²) in [5.41, 5.74) is 2.74. The van der Waals surface area contributed by atoms with Crippen LogP contribution in [-0.4, -0.2) is 27.8 Å². The smallest absolute Gasteiger partial charge is 0.336 e. The fourth-order valence-electron chi connectivity index (χ4n) is 1.96. The summed E-state index contributed by atoms with van der Waals surface area (Å²) < 4.78 is 0. The van der Waals surface area contributed by atoms with Crippen LogP contribution in [0.25, 0.3) is 0 Å². The Hall–Kier alpha value is -2.40. The molecule has 2 aromatic rings. The molecule has 0 spiro atoms. The van der Waals surface area contributed by atoms with E-state index < -0.39 is 6.03 Å². The summed E-state index contributed by atoms with van der Waals surface area (Å²) in [5, 5.41) is 13.1. The molecule has 0 saturated carbocycles. The van der Waals surface area contributed by atoms with Crippen molar-refractivity contribution >= 4 is 6.03 Å². The molecule has 1 heterocycles. The van der Waals surface area contributed by atoms with Crippen LogP contribution in [0.4, 0.5) is 4.79 Å². The Labute approximate surface area is 124 Å². The number of aromatic nitrogens is 1. The number of rotatable bonds is 5. The van der Waals surface area contributed by atoms with Gasteiger partial charge >= 0.3 is 6.03 Å². The first-order valence-electron chi connectivity index (χ1n) is 6.86. The fraction of sp³-hybridized carbons (Fsp3) is 0.250. The number of hydroxylamine groups is 2. The molecule has 0 bridgehead atoms. The minimum atomic E-state index is -0.508. The van der Waals surface area contributed by atoms with E-state index in [1.54, 1.807) is 0 Å². The average Bonchev–Trinajstić information content (AvgIpc) is 2.48. The number of carbonyl (C=O) groups excluding carboxylic acids is 1. The second-order valence-electron chi connectivity index (χ2n) is 4.80. The Morgan fingerprint density at radius 3 is 2.67 bits per heavy atom. The summed E-state index contributed by atoms with van der Waals surface area (Å²) in [6.45, 7) is 2.52. The lowest BCUT2D eigenvalue weighted by molar-refractivity contribution is -0.0507. The van der Waals surface area contributed by atoms with Crippen molar-refractivity contribution in [2.24, 2.45) is 0 Å². The summed E-state index contributed by atoms with van der Waals surface area (Å²) in [7, 11) is 0. The summed E-state index contributed by atoms with van der Waals surface area (Å²) in [4.78, 5) is 16.1. The molecule has 0 atom stereocenters. The zero-order valence-corrected chi connectivity index (χ0v) is 12.0. The lowest BCUT2D eigenvalue weighted by Crippen LogP contribution is -2.38. The SMILES string of the molecule is Cc1cccc(CCNC(=O)N(O)Cc2ccccc2)n1. The Kier molecular flexibility index (Phi) is 5.29. The lowest BCUT2D eigenvalue weighted by Gasteiger charge is -2.15. The van der Waals surface area contributed by atoms with Crippen LogP contribution < -0.4 is 5.32 Å². The van der Waals surface area contributed by atoms with Crippen molar-refractivity contribution in [1.82, 2.24) is 15.4 Å². The Morgan fingerprint density at radius 1 is 1.19 bits per heavy atom. The van der Waals surface area contributed by atoms with E-state index in [1.807, 2.05) is 55.5 Å². The topological polar surface area (TPSA) is 65.5 Å². The number of pyridine rings is 1. The third kappa shape index (κ3) is 4.89. The number of benzene rings is 1. The zero-order valence-electron chi connectivity index (χ0n) is 12.0. The number of nitrogens with one attached hydrogen (secondary N) is 1. The Bertz CT molecular complexity index is 587. The minimum absolute atomic E-state index is 0.162. The van der Waals surface area contributed by atoms with E-state index >= 15 is 0 Å². The molecular formula is C16H19N3O2. The van der Waals surface area contributed by atoms with Crippen LogP contribution in [0.15, 0.2) is 48.5 Å². The number of nitrogens with zero attached hydrogens (tertiary/aromatic N) is 2. The molecule has 0 unspecified atom stereocenters. The van der Waals surface area contributed by atoms with E-state index in [0.29, 0.717) is 18.0 Å². The predicted molar refractivity (Wildman–Crippen MR) is 79.8 cm³/mol. The maximum atomic E-state index is 11.7. The van der Waals surface area contributed by atoms with Crippen LogP contribution in [0.2, 0.25) is 0 Å². The highest BCUT2D eigenvalue weighted by atomic mass is 16.5. The van der Waals surface area contributed by atoms with Crippen LogP contribution in [0.1, 0.15) is 17.0 Å². The number of carbonyl (C=O) groups is 1. The van der Waals surface area contributed by atoms with Gasteiger partial charge in [-0.25, -0.2) is 9.86 Å². The zero-order chi connectivity index (χ0) is 15.1. The molecule has 1 aromatic heterocycles. The molecule has 0 aliphatic carbocycles. The highest BCUT2D eigenvalue weighted by molar-refractivity contribution is 5.72. The number of urea groups is 1. The van der Waals surface area contributed by atoms with E-state index in [-0.39, 0.29) is 6.54 Å². The van der Waals surface area contributed by atoms with Gasteiger partial charge in [-0.3, -0.25) is 10.2 Å². The highest BCUT2D eigenvalue weighted by Crippen LogP contribution is 2.02. The third-order valence-corrected chi connectivity index (χ3v) is 3.01. The molecule has 0 saturated heterocycles. The highest BCUT2D eigenvalue weighted by Gasteiger charge is 2.10. The maximum absolute atomic E-state index is 11.7. The van der Waals surface area contributed by atoms with Crippen molar-refractivity contribution in [2.45, 2.75) is 19.9 Å². The van der Waals surface area contributed by atoms with Gasteiger partial charge in [0.25, 0.3) is 0 Å². The quantitative estimate of drug-likeness (QED) is 0.655. The largest absolute Gasteiger partial charge is 0.341 e. The van der Waals surface area contributed by atoms with Crippen molar-refractivity contribution in [1.29, 1.82) is 0 Å². The average molecular weight is 285 g/mol. The molecule has 1 aromatic carbocycles. The first-order valence-corrected chi connectivity index (χ1v) is 6.86. The van der Waals surface area contributed by atoms with Gasteiger partial charge in [0.15, 0.2) is 0 Å².